The maximum atomic E-state index is 12.9. The lowest BCUT2D eigenvalue weighted by atomic mass is 9.77. The molecule has 6 heteroatoms. The van der Waals surface area contributed by atoms with E-state index in [0.29, 0.717) is 31.0 Å². The van der Waals surface area contributed by atoms with Crippen molar-refractivity contribution < 1.29 is 19.4 Å². The molecule has 6 nitrogen and oxygen atoms in total. The molecule has 2 aliphatic heterocycles. The number of hydrogen-bond donors (Lipinski definition) is 1. The van der Waals surface area contributed by atoms with Crippen LogP contribution in [0.25, 0.3) is 0 Å². The first-order valence-corrected chi connectivity index (χ1v) is 9.58. The second kappa shape index (κ2) is 7.45. The Labute approximate surface area is 165 Å². The first-order valence-electron chi connectivity index (χ1n) is 9.58. The Morgan fingerprint density at radius 2 is 1.93 bits per heavy atom. The van der Waals surface area contributed by atoms with Crippen LogP contribution >= 0.6 is 0 Å². The summed E-state index contributed by atoms with van der Waals surface area (Å²) < 4.78 is 10.7. The summed E-state index contributed by atoms with van der Waals surface area (Å²) in [6, 6.07) is 15.6. The molecule has 0 aliphatic carbocycles. The van der Waals surface area contributed by atoms with Crippen molar-refractivity contribution >= 4 is 5.91 Å². The minimum Gasteiger partial charge on any atom is -0.454 e. The highest BCUT2D eigenvalue weighted by Crippen LogP contribution is 2.38. The number of likely N-dealkylation sites (N-methyl/N-ethyl adjacent to an activating group) is 1. The van der Waals surface area contributed by atoms with Crippen molar-refractivity contribution in [3.63, 3.8) is 0 Å². The SMILES string of the molecule is CN(C)[C@]1(c2ccccc2)CCN(C(=O)Cc2ccc3c(c2)OCO3)C[C@H]1O. The molecule has 0 spiro atoms. The number of amides is 1. The molecule has 1 amide bonds. The maximum absolute atomic E-state index is 12.9. The smallest absolute Gasteiger partial charge is 0.231 e. The third-order valence-corrected chi connectivity index (χ3v) is 5.92. The van der Waals surface area contributed by atoms with Gasteiger partial charge in [-0.15, -0.1) is 0 Å². The van der Waals surface area contributed by atoms with Gasteiger partial charge in [0.1, 0.15) is 0 Å². The number of aliphatic hydroxyl groups is 1. The van der Waals surface area contributed by atoms with Crippen molar-refractivity contribution in [2.24, 2.45) is 0 Å². The van der Waals surface area contributed by atoms with E-state index in [2.05, 4.69) is 4.90 Å². The standard InChI is InChI=1S/C22H26N2O4/c1-23(2)22(17-6-4-3-5-7-17)10-11-24(14-20(22)25)21(26)13-16-8-9-18-19(12-16)28-15-27-18/h3-9,12,20,25H,10-11,13-15H2,1-2H3/t20-,22+/m1/s1. The average Bonchev–Trinajstić information content (AvgIpc) is 3.16. The zero-order valence-electron chi connectivity index (χ0n) is 16.3. The van der Waals surface area contributed by atoms with E-state index in [9.17, 15) is 9.90 Å². The van der Waals surface area contributed by atoms with Crippen molar-refractivity contribution in [2.75, 3.05) is 34.0 Å². The van der Waals surface area contributed by atoms with Crippen LogP contribution < -0.4 is 9.47 Å². The topological polar surface area (TPSA) is 62.2 Å². The Morgan fingerprint density at radius 1 is 1.18 bits per heavy atom. The number of benzene rings is 2. The third kappa shape index (κ3) is 3.23. The molecule has 0 radical (unpaired) electrons. The lowest BCUT2D eigenvalue weighted by Gasteiger charge is -2.49. The largest absolute Gasteiger partial charge is 0.454 e. The van der Waals surface area contributed by atoms with Crippen LogP contribution in [0.2, 0.25) is 0 Å². The number of hydrogen-bond acceptors (Lipinski definition) is 5. The minimum atomic E-state index is -0.667. The molecule has 1 N–H and O–H groups in total. The van der Waals surface area contributed by atoms with Gasteiger partial charge >= 0.3 is 0 Å². The van der Waals surface area contributed by atoms with Crippen LogP contribution in [0.5, 0.6) is 11.5 Å². The average molecular weight is 382 g/mol. The van der Waals surface area contributed by atoms with Gasteiger partial charge in [0.2, 0.25) is 12.7 Å². The quantitative estimate of drug-likeness (QED) is 0.877. The number of rotatable bonds is 4. The first-order chi connectivity index (χ1) is 13.5. The van der Waals surface area contributed by atoms with Gasteiger partial charge in [0, 0.05) is 13.1 Å². The summed E-state index contributed by atoms with van der Waals surface area (Å²) in [4.78, 5) is 16.7. The first kappa shape index (κ1) is 18.8. The lowest BCUT2D eigenvalue weighted by molar-refractivity contribution is -0.140. The zero-order chi connectivity index (χ0) is 19.7. The van der Waals surface area contributed by atoms with Crippen LogP contribution in [0.1, 0.15) is 17.5 Å². The van der Waals surface area contributed by atoms with E-state index in [1.807, 2.05) is 62.6 Å². The molecule has 2 aliphatic rings. The van der Waals surface area contributed by atoms with Crippen molar-refractivity contribution in [3.05, 3.63) is 59.7 Å². The molecule has 2 atom stereocenters. The highest BCUT2D eigenvalue weighted by Gasteiger charge is 2.46. The zero-order valence-corrected chi connectivity index (χ0v) is 16.3. The second-order valence-corrected chi connectivity index (χ2v) is 7.65. The summed E-state index contributed by atoms with van der Waals surface area (Å²) in [6.45, 7) is 1.14. The van der Waals surface area contributed by atoms with Crippen molar-refractivity contribution in [1.82, 2.24) is 9.80 Å². The van der Waals surface area contributed by atoms with E-state index in [0.717, 1.165) is 11.1 Å². The van der Waals surface area contributed by atoms with Gasteiger partial charge in [0.15, 0.2) is 11.5 Å². The van der Waals surface area contributed by atoms with Crippen LogP contribution in [0.15, 0.2) is 48.5 Å². The number of likely N-dealkylation sites (tertiary alicyclic amines) is 1. The molecule has 28 heavy (non-hydrogen) atoms. The van der Waals surface area contributed by atoms with Gasteiger partial charge in [-0.2, -0.15) is 0 Å². The van der Waals surface area contributed by atoms with Gasteiger partial charge in [0.25, 0.3) is 0 Å². The fourth-order valence-corrected chi connectivity index (χ4v) is 4.33. The van der Waals surface area contributed by atoms with Gasteiger partial charge in [-0.25, -0.2) is 0 Å². The molecule has 2 aromatic carbocycles. The van der Waals surface area contributed by atoms with E-state index < -0.39 is 11.6 Å². The molecular weight excluding hydrogens is 356 g/mol. The van der Waals surface area contributed by atoms with Crippen LogP contribution in [-0.4, -0.2) is 60.9 Å². The fourth-order valence-electron chi connectivity index (χ4n) is 4.33. The monoisotopic (exact) mass is 382 g/mol. The van der Waals surface area contributed by atoms with Crippen LogP contribution in [0, 0.1) is 0 Å². The van der Waals surface area contributed by atoms with E-state index in [1.54, 1.807) is 4.90 Å². The van der Waals surface area contributed by atoms with Crippen LogP contribution in [0.4, 0.5) is 0 Å². The molecule has 2 aromatic rings. The normalized spacial score (nSPS) is 23.9. The minimum absolute atomic E-state index is 0.0123. The Morgan fingerprint density at radius 3 is 2.64 bits per heavy atom. The number of nitrogens with zero attached hydrogens (tertiary/aromatic N) is 2. The van der Waals surface area contributed by atoms with Gasteiger partial charge < -0.3 is 19.5 Å². The summed E-state index contributed by atoms with van der Waals surface area (Å²) in [5.41, 5.74) is 1.48. The Kier molecular flexibility index (Phi) is 5.00. The predicted octanol–water partition coefficient (Wildman–Crippen LogP) is 2.01. The number of aliphatic hydroxyl groups excluding tert-OH is 1. The summed E-state index contributed by atoms with van der Waals surface area (Å²) in [5.74, 6) is 1.40. The van der Waals surface area contributed by atoms with E-state index in [1.165, 1.54) is 0 Å². The molecule has 1 saturated heterocycles. The number of β-amino-alcohol motifs (C(OH)–C–C–N with tert-alkyl or cyclic N) is 1. The summed E-state index contributed by atoms with van der Waals surface area (Å²) in [5, 5.41) is 11.1. The molecule has 0 unspecified atom stereocenters. The Balaban J connectivity index is 1.48. The van der Waals surface area contributed by atoms with E-state index in [-0.39, 0.29) is 19.1 Å². The molecular formula is C22H26N2O4. The highest BCUT2D eigenvalue weighted by molar-refractivity contribution is 5.79. The second-order valence-electron chi connectivity index (χ2n) is 7.65. The highest BCUT2D eigenvalue weighted by atomic mass is 16.7. The number of piperidine rings is 1. The Bertz CT molecular complexity index is 855. The predicted molar refractivity (Wildman–Crippen MR) is 105 cm³/mol. The van der Waals surface area contributed by atoms with Crippen molar-refractivity contribution in [2.45, 2.75) is 24.5 Å². The third-order valence-electron chi connectivity index (χ3n) is 5.92. The molecule has 0 aromatic heterocycles. The van der Waals surface area contributed by atoms with Crippen molar-refractivity contribution in [1.29, 1.82) is 0 Å². The lowest BCUT2D eigenvalue weighted by Crippen LogP contribution is -2.61. The number of carbonyl (C=O) groups excluding carboxylic acids is 1. The van der Waals surface area contributed by atoms with Gasteiger partial charge in [0.05, 0.1) is 18.1 Å². The van der Waals surface area contributed by atoms with Crippen molar-refractivity contribution in [3.8, 4) is 11.5 Å². The molecule has 0 bridgehead atoms. The molecule has 4 rings (SSSR count). The Hall–Kier alpha value is -2.57. The van der Waals surface area contributed by atoms with Crippen LogP contribution in [-0.2, 0) is 16.8 Å². The number of ether oxygens (including phenoxy) is 2. The number of fused-ring (bicyclic) bond motifs is 1. The number of carbonyl (C=O) groups is 1. The van der Waals surface area contributed by atoms with Gasteiger partial charge in [-0.1, -0.05) is 36.4 Å². The van der Waals surface area contributed by atoms with E-state index >= 15 is 0 Å². The summed E-state index contributed by atoms with van der Waals surface area (Å²) in [7, 11) is 3.97. The molecule has 0 saturated carbocycles. The van der Waals surface area contributed by atoms with Gasteiger partial charge in [-0.3, -0.25) is 9.69 Å². The van der Waals surface area contributed by atoms with Crippen LogP contribution in [0.3, 0.4) is 0 Å². The van der Waals surface area contributed by atoms with E-state index in [4.69, 9.17) is 9.47 Å². The molecule has 148 valence electrons. The molecule has 1 fully saturated rings. The molecule has 2 heterocycles. The summed E-state index contributed by atoms with van der Waals surface area (Å²) in [6.07, 6.45) is 0.293. The maximum Gasteiger partial charge on any atom is 0.231 e. The summed E-state index contributed by atoms with van der Waals surface area (Å²) >= 11 is 0. The fraction of sp³-hybridized carbons (Fsp3) is 0.409. The van der Waals surface area contributed by atoms with Gasteiger partial charge in [-0.05, 0) is 43.8 Å².